The second kappa shape index (κ2) is 7.01. The molecule has 3 rings (SSSR count). The molecular formula is C15H17N5O3. The highest BCUT2D eigenvalue weighted by Gasteiger charge is 2.13. The molecule has 0 saturated carbocycles. The van der Waals surface area contributed by atoms with E-state index in [9.17, 15) is 10.1 Å². The number of nitro benzene ring substituents is 1. The summed E-state index contributed by atoms with van der Waals surface area (Å²) in [7, 11) is 0. The highest BCUT2D eigenvalue weighted by atomic mass is 16.6. The molecule has 0 bridgehead atoms. The molecule has 1 fully saturated rings. The standard InChI is InChI=1S/C15H17N5O3/c21-20(22)13-3-1-2-12(8-13)11-23-15-10-17-9-14(18-15)19-6-4-16-5-7-19/h1-3,8-10,16H,4-7,11H2. The largest absolute Gasteiger partial charge is 0.472 e. The maximum atomic E-state index is 10.8. The monoisotopic (exact) mass is 315 g/mol. The van der Waals surface area contributed by atoms with Crippen LogP contribution in [0.1, 0.15) is 5.56 Å². The Balaban J connectivity index is 1.66. The van der Waals surface area contributed by atoms with Crippen molar-refractivity contribution in [2.24, 2.45) is 0 Å². The van der Waals surface area contributed by atoms with Crippen LogP contribution in [-0.2, 0) is 6.61 Å². The fraction of sp³-hybridized carbons (Fsp3) is 0.333. The van der Waals surface area contributed by atoms with E-state index in [2.05, 4.69) is 20.2 Å². The van der Waals surface area contributed by atoms with Crippen LogP contribution in [0, 0.1) is 10.1 Å². The van der Waals surface area contributed by atoms with Gasteiger partial charge in [0.25, 0.3) is 5.69 Å². The molecule has 2 aromatic rings. The molecule has 1 aliphatic rings. The lowest BCUT2D eigenvalue weighted by atomic mass is 10.2. The number of hydrogen-bond acceptors (Lipinski definition) is 7. The van der Waals surface area contributed by atoms with Gasteiger partial charge in [-0.15, -0.1) is 0 Å². The second-order valence-electron chi connectivity index (χ2n) is 5.17. The van der Waals surface area contributed by atoms with Crippen LogP contribution in [0.5, 0.6) is 5.88 Å². The summed E-state index contributed by atoms with van der Waals surface area (Å²) in [5, 5.41) is 14.1. The number of nitrogens with one attached hydrogen (secondary N) is 1. The smallest absolute Gasteiger partial charge is 0.269 e. The number of nitro groups is 1. The van der Waals surface area contributed by atoms with E-state index in [0.717, 1.165) is 32.0 Å². The van der Waals surface area contributed by atoms with Crippen LogP contribution in [0.3, 0.4) is 0 Å². The number of benzene rings is 1. The Labute approximate surface area is 133 Å². The molecule has 2 heterocycles. The molecule has 0 atom stereocenters. The normalized spacial score (nSPS) is 14.5. The number of anilines is 1. The number of hydrogen-bond donors (Lipinski definition) is 1. The molecule has 0 radical (unpaired) electrons. The van der Waals surface area contributed by atoms with Crippen LogP contribution in [0.4, 0.5) is 11.5 Å². The summed E-state index contributed by atoms with van der Waals surface area (Å²) >= 11 is 0. The van der Waals surface area contributed by atoms with E-state index < -0.39 is 4.92 Å². The van der Waals surface area contributed by atoms with E-state index in [1.807, 2.05) is 0 Å². The lowest BCUT2D eigenvalue weighted by molar-refractivity contribution is -0.384. The molecule has 23 heavy (non-hydrogen) atoms. The third kappa shape index (κ3) is 3.92. The van der Waals surface area contributed by atoms with E-state index in [-0.39, 0.29) is 12.3 Å². The Bertz CT molecular complexity index is 688. The summed E-state index contributed by atoms with van der Waals surface area (Å²) in [5.41, 5.74) is 0.764. The van der Waals surface area contributed by atoms with Crippen LogP contribution in [-0.4, -0.2) is 41.1 Å². The molecule has 0 spiro atoms. The van der Waals surface area contributed by atoms with Crippen molar-refractivity contribution in [3.63, 3.8) is 0 Å². The van der Waals surface area contributed by atoms with Crippen molar-refractivity contribution in [3.8, 4) is 5.88 Å². The minimum absolute atomic E-state index is 0.0479. The molecular weight excluding hydrogens is 298 g/mol. The molecule has 0 unspecified atom stereocenters. The highest BCUT2D eigenvalue weighted by molar-refractivity contribution is 5.38. The summed E-state index contributed by atoms with van der Waals surface area (Å²) in [6.45, 7) is 3.80. The zero-order valence-electron chi connectivity index (χ0n) is 12.5. The second-order valence-corrected chi connectivity index (χ2v) is 5.17. The van der Waals surface area contributed by atoms with Crippen molar-refractivity contribution in [2.45, 2.75) is 6.61 Å². The van der Waals surface area contributed by atoms with E-state index in [1.165, 1.54) is 12.1 Å². The van der Waals surface area contributed by atoms with E-state index >= 15 is 0 Å². The molecule has 8 heteroatoms. The number of nitrogens with zero attached hydrogens (tertiary/aromatic N) is 4. The van der Waals surface area contributed by atoms with E-state index in [0.29, 0.717) is 11.4 Å². The summed E-state index contributed by atoms with van der Waals surface area (Å²) in [5.74, 6) is 1.19. The first-order valence-electron chi connectivity index (χ1n) is 7.36. The summed E-state index contributed by atoms with van der Waals surface area (Å²) in [6, 6.07) is 6.36. The third-order valence-corrected chi connectivity index (χ3v) is 3.55. The SMILES string of the molecule is O=[N+]([O-])c1cccc(COc2cncc(N3CCNCC3)n2)c1. The topological polar surface area (TPSA) is 93.4 Å². The van der Waals surface area contributed by atoms with Crippen LogP contribution >= 0.6 is 0 Å². The Kier molecular flexibility index (Phi) is 4.62. The van der Waals surface area contributed by atoms with Crippen LogP contribution < -0.4 is 15.0 Å². The quantitative estimate of drug-likeness (QED) is 0.658. The highest BCUT2D eigenvalue weighted by Crippen LogP contribution is 2.17. The van der Waals surface area contributed by atoms with Gasteiger partial charge in [0.2, 0.25) is 5.88 Å². The maximum absolute atomic E-state index is 10.8. The molecule has 1 saturated heterocycles. The molecule has 1 aliphatic heterocycles. The lowest BCUT2D eigenvalue weighted by Gasteiger charge is -2.28. The third-order valence-electron chi connectivity index (χ3n) is 3.55. The van der Waals surface area contributed by atoms with Gasteiger partial charge in [-0.25, -0.2) is 0 Å². The van der Waals surface area contributed by atoms with Crippen molar-refractivity contribution in [3.05, 3.63) is 52.3 Å². The molecule has 0 aliphatic carbocycles. The first kappa shape index (κ1) is 15.2. The zero-order valence-corrected chi connectivity index (χ0v) is 12.5. The fourth-order valence-electron chi connectivity index (χ4n) is 2.37. The van der Waals surface area contributed by atoms with Crippen LogP contribution in [0.2, 0.25) is 0 Å². The Morgan fingerprint density at radius 2 is 2.13 bits per heavy atom. The molecule has 1 aromatic heterocycles. The number of ether oxygens (including phenoxy) is 1. The Morgan fingerprint density at radius 1 is 1.30 bits per heavy atom. The fourth-order valence-corrected chi connectivity index (χ4v) is 2.37. The predicted octanol–water partition coefficient (Wildman–Crippen LogP) is 1.37. The van der Waals surface area contributed by atoms with Gasteiger partial charge in [0.05, 0.1) is 17.3 Å². The zero-order chi connectivity index (χ0) is 16.1. The van der Waals surface area contributed by atoms with Crippen molar-refractivity contribution in [2.75, 3.05) is 31.1 Å². The minimum Gasteiger partial charge on any atom is -0.472 e. The van der Waals surface area contributed by atoms with Crippen molar-refractivity contribution < 1.29 is 9.66 Å². The molecule has 8 nitrogen and oxygen atoms in total. The van der Waals surface area contributed by atoms with Gasteiger partial charge in [-0.3, -0.25) is 15.1 Å². The van der Waals surface area contributed by atoms with Gasteiger partial charge >= 0.3 is 0 Å². The van der Waals surface area contributed by atoms with Crippen molar-refractivity contribution >= 4 is 11.5 Å². The number of piperazine rings is 1. The Morgan fingerprint density at radius 3 is 2.91 bits per heavy atom. The molecule has 1 N–H and O–H groups in total. The first-order chi connectivity index (χ1) is 11.2. The van der Waals surface area contributed by atoms with E-state index in [4.69, 9.17) is 4.74 Å². The van der Waals surface area contributed by atoms with Gasteiger partial charge < -0.3 is 15.0 Å². The van der Waals surface area contributed by atoms with Gasteiger partial charge in [0.1, 0.15) is 6.61 Å². The van der Waals surface area contributed by atoms with Gasteiger partial charge in [-0.1, -0.05) is 12.1 Å². The summed E-state index contributed by atoms with van der Waals surface area (Å²) in [4.78, 5) is 21.1. The van der Waals surface area contributed by atoms with Crippen molar-refractivity contribution in [1.29, 1.82) is 0 Å². The predicted molar refractivity (Wildman–Crippen MR) is 84.5 cm³/mol. The summed E-state index contributed by atoms with van der Waals surface area (Å²) in [6.07, 6.45) is 3.26. The Hall–Kier alpha value is -2.74. The number of aromatic nitrogens is 2. The molecule has 0 amide bonds. The maximum Gasteiger partial charge on any atom is 0.269 e. The number of rotatable bonds is 5. The summed E-state index contributed by atoms with van der Waals surface area (Å²) < 4.78 is 5.62. The van der Waals surface area contributed by atoms with Crippen LogP contribution in [0.25, 0.3) is 0 Å². The average Bonchev–Trinajstić information content (AvgIpc) is 2.61. The van der Waals surface area contributed by atoms with E-state index in [1.54, 1.807) is 24.5 Å². The van der Waals surface area contributed by atoms with Crippen LogP contribution in [0.15, 0.2) is 36.7 Å². The van der Waals surface area contributed by atoms with Crippen molar-refractivity contribution in [1.82, 2.24) is 15.3 Å². The number of non-ortho nitro benzene ring substituents is 1. The lowest BCUT2D eigenvalue weighted by Crippen LogP contribution is -2.43. The first-order valence-corrected chi connectivity index (χ1v) is 7.36. The van der Waals surface area contributed by atoms with Gasteiger partial charge in [0, 0.05) is 38.3 Å². The van der Waals surface area contributed by atoms with Gasteiger partial charge in [0.15, 0.2) is 5.82 Å². The van der Waals surface area contributed by atoms with Gasteiger partial charge in [-0.05, 0) is 5.56 Å². The molecule has 120 valence electrons. The minimum atomic E-state index is -0.422. The molecule has 1 aromatic carbocycles. The van der Waals surface area contributed by atoms with Gasteiger partial charge in [-0.2, -0.15) is 4.98 Å². The average molecular weight is 315 g/mol.